The molecule has 3 nitrogen and oxygen atoms in total. The monoisotopic (exact) mass is 158 g/mol. The highest BCUT2D eigenvalue weighted by atomic mass is 16.1. The summed E-state index contributed by atoms with van der Waals surface area (Å²) in [5.41, 5.74) is 1.17. The number of fused-ring (bicyclic) bond motifs is 1. The maximum Gasteiger partial charge on any atom is 0.204 e. The van der Waals surface area contributed by atoms with Gasteiger partial charge in [0, 0.05) is 24.2 Å². The molecule has 0 aromatic carbocycles. The zero-order valence-corrected chi connectivity index (χ0v) is 6.27. The summed E-state index contributed by atoms with van der Waals surface area (Å²) < 4.78 is 0. The van der Waals surface area contributed by atoms with Crippen LogP contribution in [0.3, 0.4) is 0 Å². The van der Waals surface area contributed by atoms with Gasteiger partial charge in [0.25, 0.3) is 0 Å². The average molecular weight is 158 g/mol. The van der Waals surface area contributed by atoms with Crippen molar-refractivity contribution in [3.8, 4) is 11.3 Å². The van der Waals surface area contributed by atoms with E-state index in [4.69, 9.17) is 0 Å². The summed E-state index contributed by atoms with van der Waals surface area (Å²) in [5.74, 6) is 0. The van der Waals surface area contributed by atoms with E-state index in [0.29, 0.717) is 5.69 Å². The minimum atomic E-state index is -0.0644. The number of hydrogen-bond acceptors (Lipinski definition) is 3. The van der Waals surface area contributed by atoms with E-state index in [0.717, 1.165) is 5.56 Å². The van der Waals surface area contributed by atoms with Gasteiger partial charge in [-0.25, -0.2) is 0 Å². The van der Waals surface area contributed by atoms with Gasteiger partial charge in [-0.05, 0) is 6.07 Å². The number of benzene rings is 1. The first kappa shape index (κ1) is 6.91. The van der Waals surface area contributed by atoms with Crippen LogP contribution in [0.15, 0.2) is 41.6 Å². The second-order valence-electron chi connectivity index (χ2n) is 2.40. The molecule has 0 radical (unpaired) electrons. The largest absolute Gasteiger partial charge is 0.288 e. The quantitative estimate of drug-likeness (QED) is 0.573. The molecule has 0 saturated heterocycles. The summed E-state index contributed by atoms with van der Waals surface area (Å²) in [5, 5.41) is 0. The van der Waals surface area contributed by atoms with Gasteiger partial charge in [-0.3, -0.25) is 14.8 Å². The van der Waals surface area contributed by atoms with E-state index in [1.807, 2.05) is 6.07 Å². The predicted molar refractivity (Wildman–Crippen MR) is 44.9 cm³/mol. The molecule has 1 aliphatic heterocycles. The Balaban J connectivity index is 2.88. The molecular weight excluding hydrogens is 152 g/mol. The first-order chi connectivity index (χ1) is 5.88. The Bertz CT molecular complexity index is 428. The smallest absolute Gasteiger partial charge is 0.204 e. The molecule has 2 aliphatic rings. The summed E-state index contributed by atoms with van der Waals surface area (Å²) in [4.78, 5) is 19.1. The summed E-state index contributed by atoms with van der Waals surface area (Å²) >= 11 is 0. The second kappa shape index (κ2) is 2.70. The van der Waals surface area contributed by atoms with Crippen molar-refractivity contribution in [2.24, 2.45) is 0 Å². The van der Waals surface area contributed by atoms with E-state index < -0.39 is 0 Å². The third-order valence-corrected chi connectivity index (χ3v) is 1.60. The molecule has 1 heterocycles. The Morgan fingerprint density at radius 1 is 1.17 bits per heavy atom. The highest BCUT2D eigenvalue weighted by molar-refractivity contribution is 5.57. The third-order valence-electron chi connectivity index (χ3n) is 1.60. The van der Waals surface area contributed by atoms with Crippen molar-refractivity contribution in [3.05, 3.63) is 47.0 Å². The lowest BCUT2D eigenvalue weighted by Gasteiger charge is -1.93. The third kappa shape index (κ3) is 1.05. The van der Waals surface area contributed by atoms with Crippen LogP contribution < -0.4 is 5.43 Å². The SMILES string of the molecule is O=c1cccc2cnccnc1-2. The van der Waals surface area contributed by atoms with Gasteiger partial charge in [-0.2, -0.15) is 0 Å². The van der Waals surface area contributed by atoms with Crippen LogP contribution in [0.25, 0.3) is 11.3 Å². The van der Waals surface area contributed by atoms with Gasteiger partial charge in [0.05, 0.1) is 0 Å². The molecule has 0 bridgehead atoms. The van der Waals surface area contributed by atoms with Gasteiger partial charge in [0.1, 0.15) is 5.69 Å². The van der Waals surface area contributed by atoms with Crippen molar-refractivity contribution in [1.82, 2.24) is 9.97 Å². The van der Waals surface area contributed by atoms with E-state index in [9.17, 15) is 4.79 Å². The molecule has 0 atom stereocenters. The Morgan fingerprint density at radius 3 is 3.00 bits per heavy atom. The molecule has 1 aliphatic carbocycles. The molecule has 12 heavy (non-hydrogen) atoms. The molecule has 3 heteroatoms. The Hall–Kier alpha value is -1.77. The van der Waals surface area contributed by atoms with Crippen LogP contribution in [0, 0.1) is 0 Å². The lowest BCUT2D eigenvalue weighted by Crippen LogP contribution is -2.03. The molecular formula is C9H6N2O. The van der Waals surface area contributed by atoms with Gasteiger partial charge < -0.3 is 0 Å². The number of hydrogen-bond donors (Lipinski definition) is 0. The molecule has 0 aromatic heterocycles. The lowest BCUT2D eigenvalue weighted by atomic mass is 10.2. The first-order valence-electron chi connectivity index (χ1n) is 3.57. The van der Waals surface area contributed by atoms with E-state index in [1.165, 1.54) is 12.3 Å². The molecule has 0 saturated carbocycles. The summed E-state index contributed by atoms with van der Waals surface area (Å²) in [6, 6.07) is 5.01. The minimum Gasteiger partial charge on any atom is -0.288 e. The minimum absolute atomic E-state index is 0.0644. The fourth-order valence-electron chi connectivity index (χ4n) is 1.05. The molecule has 0 unspecified atom stereocenters. The van der Waals surface area contributed by atoms with Crippen LogP contribution in [0.5, 0.6) is 0 Å². The van der Waals surface area contributed by atoms with Gasteiger partial charge >= 0.3 is 0 Å². The van der Waals surface area contributed by atoms with Crippen LogP contribution >= 0.6 is 0 Å². The van der Waals surface area contributed by atoms with Crippen LogP contribution in [0.1, 0.15) is 0 Å². The van der Waals surface area contributed by atoms with Gasteiger partial charge in [-0.15, -0.1) is 0 Å². The van der Waals surface area contributed by atoms with Crippen molar-refractivity contribution in [1.29, 1.82) is 0 Å². The molecule has 58 valence electrons. The second-order valence-corrected chi connectivity index (χ2v) is 2.40. The predicted octanol–water partition coefficient (Wildman–Crippen LogP) is 0.942. The van der Waals surface area contributed by atoms with Crippen molar-refractivity contribution < 1.29 is 0 Å². The first-order valence-corrected chi connectivity index (χ1v) is 3.57. The lowest BCUT2D eigenvalue weighted by molar-refractivity contribution is 1.31. The van der Waals surface area contributed by atoms with Gasteiger partial charge in [0.15, 0.2) is 0 Å². The number of para-hydroxylation sites is 1. The Morgan fingerprint density at radius 2 is 2.08 bits per heavy atom. The molecule has 0 N–H and O–H groups in total. The molecule has 0 spiro atoms. The summed E-state index contributed by atoms with van der Waals surface area (Å²) in [6.45, 7) is 0. The van der Waals surface area contributed by atoms with Gasteiger partial charge in [-0.1, -0.05) is 12.1 Å². The zero-order chi connectivity index (χ0) is 8.39. The Kier molecular flexibility index (Phi) is 1.55. The maximum atomic E-state index is 11.2. The van der Waals surface area contributed by atoms with E-state index in [1.54, 1.807) is 18.5 Å². The fraction of sp³-hybridized carbons (Fsp3) is 0. The van der Waals surface area contributed by atoms with Crippen molar-refractivity contribution in [3.63, 3.8) is 0 Å². The van der Waals surface area contributed by atoms with Crippen LogP contribution in [-0.2, 0) is 0 Å². The Labute approximate surface area is 69.1 Å². The van der Waals surface area contributed by atoms with Crippen LogP contribution in [-0.4, -0.2) is 9.97 Å². The highest BCUT2D eigenvalue weighted by Crippen LogP contribution is 2.09. The van der Waals surface area contributed by atoms with E-state index in [2.05, 4.69) is 9.97 Å². The summed E-state index contributed by atoms with van der Waals surface area (Å²) in [7, 11) is 0. The fourth-order valence-corrected chi connectivity index (χ4v) is 1.05. The number of nitrogens with zero attached hydrogens (tertiary/aromatic N) is 2. The van der Waals surface area contributed by atoms with Crippen LogP contribution in [0.2, 0.25) is 0 Å². The van der Waals surface area contributed by atoms with Gasteiger partial charge in [0.2, 0.25) is 5.43 Å². The summed E-state index contributed by atoms with van der Waals surface area (Å²) in [6.07, 6.45) is 4.70. The van der Waals surface area contributed by atoms with E-state index >= 15 is 0 Å². The molecule has 0 aromatic rings. The highest BCUT2D eigenvalue weighted by Gasteiger charge is 2.02. The number of rotatable bonds is 0. The topological polar surface area (TPSA) is 42.9 Å². The molecule has 0 fully saturated rings. The van der Waals surface area contributed by atoms with Crippen molar-refractivity contribution >= 4 is 0 Å². The van der Waals surface area contributed by atoms with Crippen LogP contribution in [0.4, 0.5) is 0 Å². The molecule has 2 rings (SSSR count). The standard InChI is InChI=1S/C9H6N2O/c12-8-3-1-2-7-6-10-4-5-11-9(7)8/h1-6H. The van der Waals surface area contributed by atoms with Crippen molar-refractivity contribution in [2.45, 2.75) is 0 Å². The number of aromatic nitrogens is 2. The maximum absolute atomic E-state index is 11.2. The zero-order valence-electron chi connectivity index (χ0n) is 6.27. The molecule has 0 amide bonds. The van der Waals surface area contributed by atoms with E-state index in [-0.39, 0.29) is 5.43 Å². The normalized spacial score (nSPS) is 10.0. The average Bonchev–Trinajstić information content (AvgIpc) is 2.30. The van der Waals surface area contributed by atoms with Crippen molar-refractivity contribution in [2.75, 3.05) is 0 Å².